The molecule has 2 aromatic carbocycles. The van der Waals surface area contributed by atoms with Crippen LogP contribution < -0.4 is 4.74 Å². The molecule has 5 nitrogen and oxygen atoms in total. The normalized spacial score (nSPS) is 10.7. The second-order valence-corrected chi connectivity index (χ2v) is 7.49. The molecule has 0 unspecified atom stereocenters. The molecule has 0 aliphatic rings. The topological polar surface area (TPSA) is 55.6 Å². The lowest BCUT2D eigenvalue weighted by atomic mass is 10.2. The van der Waals surface area contributed by atoms with Crippen LogP contribution in [0.1, 0.15) is 27.4 Å². The minimum atomic E-state index is -0.0153. The van der Waals surface area contributed by atoms with Gasteiger partial charge < -0.3 is 14.2 Å². The highest BCUT2D eigenvalue weighted by atomic mass is 32.2. The van der Waals surface area contributed by atoms with Gasteiger partial charge in [-0.2, -0.15) is 0 Å². The fourth-order valence-electron chi connectivity index (χ4n) is 2.75. The molecule has 146 valence electrons. The number of para-hydroxylation sites is 1. The van der Waals surface area contributed by atoms with E-state index in [2.05, 4.69) is 5.16 Å². The predicted molar refractivity (Wildman–Crippen MR) is 111 cm³/mol. The maximum absolute atomic E-state index is 12.9. The molecule has 1 heterocycles. The second kappa shape index (κ2) is 9.46. The maximum Gasteiger partial charge on any atom is 0.254 e. The SMILES string of the molecule is Cc1noc(C)c1CSc1ccccc1C(=O)N(C)CCOc1ccccc1. The zero-order valence-electron chi connectivity index (χ0n) is 16.3. The van der Waals surface area contributed by atoms with E-state index in [0.29, 0.717) is 24.5 Å². The average molecular weight is 397 g/mol. The van der Waals surface area contributed by atoms with E-state index < -0.39 is 0 Å². The number of rotatable bonds is 8. The summed E-state index contributed by atoms with van der Waals surface area (Å²) in [6, 6.07) is 17.3. The standard InChI is InChI=1S/C22H24N2O3S/c1-16-20(17(2)27-23-16)15-28-21-12-8-7-11-19(21)22(25)24(3)13-14-26-18-9-5-4-6-10-18/h4-12H,13-15H2,1-3H3. The zero-order valence-corrected chi connectivity index (χ0v) is 17.2. The Kier molecular flexibility index (Phi) is 6.76. The monoisotopic (exact) mass is 396 g/mol. The van der Waals surface area contributed by atoms with Crippen LogP contribution in [0.5, 0.6) is 5.75 Å². The molecular formula is C22H24N2O3S. The number of amides is 1. The maximum atomic E-state index is 12.9. The van der Waals surface area contributed by atoms with Crippen molar-refractivity contribution in [2.45, 2.75) is 24.5 Å². The van der Waals surface area contributed by atoms with Crippen molar-refractivity contribution in [2.24, 2.45) is 0 Å². The highest BCUT2D eigenvalue weighted by Gasteiger charge is 2.17. The molecule has 0 aliphatic heterocycles. The Balaban J connectivity index is 1.61. The van der Waals surface area contributed by atoms with E-state index in [1.807, 2.05) is 68.4 Å². The highest BCUT2D eigenvalue weighted by molar-refractivity contribution is 7.98. The van der Waals surface area contributed by atoms with Crippen LogP contribution in [0, 0.1) is 13.8 Å². The van der Waals surface area contributed by atoms with Gasteiger partial charge in [-0.1, -0.05) is 35.5 Å². The first-order valence-corrected chi connectivity index (χ1v) is 10.1. The van der Waals surface area contributed by atoms with Gasteiger partial charge in [0.1, 0.15) is 18.1 Å². The van der Waals surface area contributed by atoms with Gasteiger partial charge in [-0.15, -0.1) is 11.8 Å². The fourth-order valence-corrected chi connectivity index (χ4v) is 3.95. The third-order valence-electron chi connectivity index (χ3n) is 4.46. The van der Waals surface area contributed by atoms with Gasteiger partial charge in [-0.05, 0) is 38.1 Å². The lowest BCUT2D eigenvalue weighted by molar-refractivity contribution is 0.0770. The molecule has 0 radical (unpaired) electrons. The predicted octanol–water partition coefficient (Wildman–Crippen LogP) is 4.73. The third kappa shape index (κ3) is 4.95. The molecule has 0 bridgehead atoms. The van der Waals surface area contributed by atoms with Crippen LogP contribution in [0.2, 0.25) is 0 Å². The molecule has 0 spiro atoms. The van der Waals surface area contributed by atoms with E-state index in [-0.39, 0.29) is 5.91 Å². The van der Waals surface area contributed by atoms with Crippen LogP contribution in [-0.4, -0.2) is 36.2 Å². The van der Waals surface area contributed by atoms with Gasteiger partial charge in [-0.25, -0.2) is 0 Å². The lowest BCUT2D eigenvalue weighted by Crippen LogP contribution is -2.31. The third-order valence-corrected chi connectivity index (χ3v) is 5.56. The Bertz CT molecular complexity index is 905. The first-order valence-electron chi connectivity index (χ1n) is 9.13. The molecular weight excluding hydrogens is 372 g/mol. The van der Waals surface area contributed by atoms with Crippen molar-refractivity contribution in [1.82, 2.24) is 10.1 Å². The van der Waals surface area contributed by atoms with Crippen LogP contribution >= 0.6 is 11.8 Å². The average Bonchev–Trinajstić information content (AvgIpc) is 3.04. The molecule has 0 saturated heterocycles. The minimum absolute atomic E-state index is 0.0153. The van der Waals surface area contributed by atoms with E-state index >= 15 is 0 Å². The first kappa shape index (κ1) is 20.0. The van der Waals surface area contributed by atoms with E-state index in [1.54, 1.807) is 23.7 Å². The van der Waals surface area contributed by atoms with Gasteiger partial charge in [0, 0.05) is 23.3 Å². The number of aromatic nitrogens is 1. The van der Waals surface area contributed by atoms with Crippen LogP contribution in [-0.2, 0) is 5.75 Å². The van der Waals surface area contributed by atoms with Crippen molar-refractivity contribution in [1.29, 1.82) is 0 Å². The Hall–Kier alpha value is -2.73. The van der Waals surface area contributed by atoms with Crippen LogP contribution in [0.4, 0.5) is 0 Å². The van der Waals surface area contributed by atoms with Crippen LogP contribution in [0.25, 0.3) is 0 Å². The van der Waals surface area contributed by atoms with Crippen molar-refractivity contribution >= 4 is 17.7 Å². The van der Waals surface area contributed by atoms with Crippen molar-refractivity contribution in [3.05, 3.63) is 77.2 Å². The number of carbonyl (C=O) groups is 1. The van der Waals surface area contributed by atoms with Gasteiger partial charge in [0.2, 0.25) is 0 Å². The number of ether oxygens (including phenoxy) is 1. The van der Waals surface area contributed by atoms with Gasteiger partial charge >= 0.3 is 0 Å². The summed E-state index contributed by atoms with van der Waals surface area (Å²) in [6.07, 6.45) is 0. The number of aryl methyl sites for hydroxylation is 2. The quantitative estimate of drug-likeness (QED) is 0.515. The first-order chi connectivity index (χ1) is 13.6. The van der Waals surface area contributed by atoms with E-state index in [1.165, 1.54) is 0 Å². The number of hydrogen-bond donors (Lipinski definition) is 0. The largest absolute Gasteiger partial charge is 0.492 e. The van der Waals surface area contributed by atoms with Crippen molar-refractivity contribution < 1.29 is 14.1 Å². The minimum Gasteiger partial charge on any atom is -0.492 e. The summed E-state index contributed by atoms with van der Waals surface area (Å²) in [7, 11) is 1.80. The zero-order chi connectivity index (χ0) is 19.9. The Labute approximate surface area is 169 Å². The van der Waals surface area contributed by atoms with Crippen LogP contribution in [0.15, 0.2) is 64.0 Å². The Morgan fingerprint density at radius 1 is 1.11 bits per heavy atom. The summed E-state index contributed by atoms with van der Waals surface area (Å²) in [4.78, 5) is 15.6. The van der Waals surface area contributed by atoms with Gasteiger partial charge in [0.25, 0.3) is 5.91 Å². The lowest BCUT2D eigenvalue weighted by Gasteiger charge is -2.19. The molecule has 3 rings (SSSR count). The van der Waals surface area contributed by atoms with E-state index in [0.717, 1.165) is 27.7 Å². The molecule has 28 heavy (non-hydrogen) atoms. The molecule has 0 fully saturated rings. The Morgan fingerprint density at radius 2 is 1.82 bits per heavy atom. The molecule has 1 aromatic heterocycles. The summed E-state index contributed by atoms with van der Waals surface area (Å²) in [5, 5.41) is 4.00. The summed E-state index contributed by atoms with van der Waals surface area (Å²) in [5.74, 6) is 2.33. The number of nitrogens with zero attached hydrogens (tertiary/aromatic N) is 2. The highest BCUT2D eigenvalue weighted by Crippen LogP contribution is 2.29. The number of thioether (sulfide) groups is 1. The van der Waals surface area contributed by atoms with Gasteiger partial charge in [-0.3, -0.25) is 4.79 Å². The second-order valence-electron chi connectivity index (χ2n) is 6.48. The molecule has 6 heteroatoms. The van der Waals surface area contributed by atoms with Crippen molar-refractivity contribution in [3.8, 4) is 5.75 Å². The summed E-state index contributed by atoms with van der Waals surface area (Å²) < 4.78 is 10.9. The van der Waals surface area contributed by atoms with Crippen molar-refractivity contribution in [2.75, 3.05) is 20.2 Å². The number of likely N-dealkylation sites (N-methyl/N-ethyl adjacent to an activating group) is 1. The summed E-state index contributed by atoms with van der Waals surface area (Å²) in [6.45, 7) is 4.80. The van der Waals surface area contributed by atoms with Crippen LogP contribution in [0.3, 0.4) is 0 Å². The fraction of sp³-hybridized carbons (Fsp3) is 0.273. The number of carbonyl (C=O) groups excluding carboxylic acids is 1. The summed E-state index contributed by atoms with van der Waals surface area (Å²) >= 11 is 1.62. The molecule has 1 amide bonds. The molecule has 0 aliphatic carbocycles. The Morgan fingerprint density at radius 3 is 2.54 bits per heavy atom. The molecule has 0 atom stereocenters. The van der Waals surface area contributed by atoms with Gasteiger partial charge in [0.05, 0.1) is 17.8 Å². The molecule has 0 saturated carbocycles. The molecule has 0 N–H and O–H groups in total. The summed E-state index contributed by atoms with van der Waals surface area (Å²) in [5.41, 5.74) is 2.67. The van der Waals surface area contributed by atoms with Gasteiger partial charge in [0.15, 0.2) is 0 Å². The van der Waals surface area contributed by atoms with E-state index in [9.17, 15) is 4.79 Å². The van der Waals surface area contributed by atoms with E-state index in [4.69, 9.17) is 9.26 Å². The van der Waals surface area contributed by atoms with Crippen molar-refractivity contribution in [3.63, 3.8) is 0 Å². The number of benzene rings is 2. The smallest absolute Gasteiger partial charge is 0.254 e. The number of hydrogen-bond acceptors (Lipinski definition) is 5. The molecule has 3 aromatic rings.